The highest BCUT2D eigenvalue weighted by atomic mass is 16.4. The van der Waals surface area contributed by atoms with E-state index < -0.39 is 0 Å². The molecule has 6 nitrogen and oxygen atoms in total. The van der Waals surface area contributed by atoms with Gasteiger partial charge < -0.3 is 9.40 Å². The number of aromatic nitrogens is 3. The van der Waals surface area contributed by atoms with Gasteiger partial charge in [-0.05, 0) is 36.4 Å². The van der Waals surface area contributed by atoms with Crippen LogP contribution in [0.2, 0.25) is 0 Å². The number of nitrogens with zero attached hydrogens (tertiary/aromatic N) is 2. The Morgan fingerprint density at radius 3 is 3.05 bits per heavy atom. The summed E-state index contributed by atoms with van der Waals surface area (Å²) < 4.78 is 5.41. The number of amides is 1. The van der Waals surface area contributed by atoms with Crippen molar-refractivity contribution in [2.75, 3.05) is 5.32 Å². The Labute approximate surface area is 114 Å². The van der Waals surface area contributed by atoms with E-state index in [1.165, 1.54) is 0 Å². The first kappa shape index (κ1) is 11.2. The van der Waals surface area contributed by atoms with Gasteiger partial charge >= 0.3 is 6.01 Å². The quantitative estimate of drug-likeness (QED) is 0.764. The second-order valence-electron chi connectivity index (χ2n) is 4.95. The second kappa shape index (κ2) is 4.19. The molecule has 0 atom stereocenters. The number of H-pyrrole nitrogens is 1. The SMILES string of the molecule is O=C(Nc1nnc(C2CC2)o1)c1ccc2cc[nH]c2c1. The van der Waals surface area contributed by atoms with Crippen molar-refractivity contribution in [1.82, 2.24) is 15.2 Å². The minimum absolute atomic E-state index is 0.156. The number of fused-ring (bicyclic) bond motifs is 1. The van der Waals surface area contributed by atoms with Crippen LogP contribution >= 0.6 is 0 Å². The minimum Gasteiger partial charge on any atom is -0.408 e. The van der Waals surface area contributed by atoms with Crippen molar-refractivity contribution >= 4 is 22.8 Å². The molecule has 0 aliphatic heterocycles. The van der Waals surface area contributed by atoms with Gasteiger partial charge in [0, 0.05) is 23.2 Å². The molecule has 2 aromatic heterocycles. The number of carbonyl (C=O) groups is 1. The van der Waals surface area contributed by atoms with E-state index in [1.54, 1.807) is 12.1 Å². The molecule has 1 amide bonds. The van der Waals surface area contributed by atoms with Gasteiger partial charge in [-0.15, -0.1) is 5.10 Å². The van der Waals surface area contributed by atoms with Gasteiger partial charge in [0.25, 0.3) is 5.91 Å². The highest BCUT2D eigenvalue weighted by Gasteiger charge is 2.29. The van der Waals surface area contributed by atoms with Crippen molar-refractivity contribution < 1.29 is 9.21 Å². The first-order chi connectivity index (χ1) is 9.79. The smallest absolute Gasteiger partial charge is 0.322 e. The van der Waals surface area contributed by atoms with Crippen molar-refractivity contribution in [3.63, 3.8) is 0 Å². The molecule has 2 heterocycles. The lowest BCUT2D eigenvalue weighted by molar-refractivity contribution is 0.102. The predicted octanol–water partition coefficient (Wildman–Crippen LogP) is 2.68. The van der Waals surface area contributed by atoms with Gasteiger partial charge in [-0.25, -0.2) is 0 Å². The number of nitrogens with one attached hydrogen (secondary N) is 2. The van der Waals surface area contributed by atoms with Crippen LogP contribution in [-0.2, 0) is 0 Å². The van der Waals surface area contributed by atoms with E-state index in [4.69, 9.17) is 4.42 Å². The molecule has 20 heavy (non-hydrogen) atoms. The molecule has 0 radical (unpaired) electrons. The average molecular weight is 268 g/mol. The largest absolute Gasteiger partial charge is 0.408 e. The standard InChI is InChI=1S/C14H12N4O2/c19-12(10-4-1-8-5-6-15-11(8)7-10)16-14-18-17-13(20-14)9-2-3-9/h1,4-7,9,15H,2-3H2,(H,16,18,19). The lowest BCUT2D eigenvalue weighted by Crippen LogP contribution is -2.12. The van der Waals surface area contributed by atoms with Gasteiger partial charge in [-0.2, -0.15) is 0 Å². The predicted molar refractivity (Wildman–Crippen MR) is 72.5 cm³/mol. The fraction of sp³-hybridized carbons (Fsp3) is 0.214. The fourth-order valence-electron chi connectivity index (χ4n) is 2.14. The van der Waals surface area contributed by atoms with Gasteiger partial charge in [0.15, 0.2) is 0 Å². The lowest BCUT2D eigenvalue weighted by atomic mass is 10.1. The van der Waals surface area contributed by atoms with Crippen LogP contribution in [0.15, 0.2) is 34.9 Å². The molecule has 100 valence electrons. The Bertz CT molecular complexity index is 785. The molecule has 1 aliphatic rings. The maximum atomic E-state index is 12.1. The Balaban J connectivity index is 1.55. The van der Waals surface area contributed by atoms with E-state index in [1.807, 2.05) is 18.3 Å². The summed E-state index contributed by atoms with van der Waals surface area (Å²) in [7, 11) is 0. The summed E-state index contributed by atoms with van der Waals surface area (Å²) in [6.07, 6.45) is 4.00. The Morgan fingerprint density at radius 2 is 2.20 bits per heavy atom. The summed E-state index contributed by atoms with van der Waals surface area (Å²) >= 11 is 0. The Morgan fingerprint density at radius 1 is 1.30 bits per heavy atom. The summed E-state index contributed by atoms with van der Waals surface area (Å²) in [5.41, 5.74) is 1.47. The molecule has 2 N–H and O–H groups in total. The van der Waals surface area contributed by atoms with E-state index in [2.05, 4.69) is 20.5 Å². The molecular formula is C14H12N4O2. The molecule has 0 bridgehead atoms. The molecule has 1 saturated carbocycles. The lowest BCUT2D eigenvalue weighted by Gasteiger charge is -2.00. The topological polar surface area (TPSA) is 83.8 Å². The van der Waals surface area contributed by atoms with E-state index in [-0.39, 0.29) is 11.9 Å². The molecular weight excluding hydrogens is 256 g/mol. The third-order valence-corrected chi connectivity index (χ3v) is 3.40. The molecule has 1 fully saturated rings. The highest BCUT2D eigenvalue weighted by molar-refractivity contribution is 6.05. The van der Waals surface area contributed by atoms with Crippen molar-refractivity contribution in [2.45, 2.75) is 18.8 Å². The van der Waals surface area contributed by atoms with Crippen LogP contribution in [0.3, 0.4) is 0 Å². The number of benzene rings is 1. The maximum Gasteiger partial charge on any atom is 0.322 e. The van der Waals surface area contributed by atoms with Crippen LogP contribution in [0, 0.1) is 0 Å². The number of anilines is 1. The molecule has 3 aromatic rings. The van der Waals surface area contributed by atoms with Crippen molar-refractivity contribution in [1.29, 1.82) is 0 Å². The average Bonchev–Trinajstić information content (AvgIpc) is 3.02. The first-order valence-corrected chi connectivity index (χ1v) is 6.51. The first-order valence-electron chi connectivity index (χ1n) is 6.51. The van der Waals surface area contributed by atoms with Crippen LogP contribution in [0.1, 0.15) is 35.0 Å². The summed E-state index contributed by atoms with van der Waals surface area (Å²) in [6.45, 7) is 0. The van der Waals surface area contributed by atoms with Gasteiger partial charge in [0.2, 0.25) is 5.89 Å². The highest BCUT2D eigenvalue weighted by Crippen LogP contribution is 2.39. The van der Waals surface area contributed by atoms with E-state index in [9.17, 15) is 4.79 Å². The molecule has 1 aromatic carbocycles. The van der Waals surface area contributed by atoms with Crippen molar-refractivity contribution in [3.8, 4) is 0 Å². The molecule has 0 saturated heterocycles. The van der Waals surface area contributed by atoms with Crippen LogP contribution in [0.25, 0.3) is 10.9 Å². The number of rotatable bonds is 3. The maximum absolute atomic E-state index is 12.1. The summed E-state index contributed by atoms with van der Waals surface area (Å²) in [4.78, 5) is 15.2. The summed E-state index contributed by atoms with van der Waals surface area (Å²) in [5.74, 6) is 0.732. The molecule has 1 aliphatic carbocycles. The van der Waals surface area contributed by atoms with Gasteiger partial charge in [0.05, 0.1) is 0 Å². The van der Waals surface area contributed by atoms with Gasteiger partial charge in [-0.3, -0.25) is 10.1 Å². The van der Waals surface area contributed by atoms with E-state index >= 15 is 0 Å². The summed E-state index contributed by atoms with van der Waals surface area (Å²) in [6, 6.07) is 7.57. The van der Waals surface area contributed by atoms with Crippen molar-refractivity contribution in [2.24, 2.45) is 0 Å². The molecule has 0 unspecified atom stereocenters. The molecule has 6 heteroatoms. The third-order valence-electron chi connectivity index (χ3n) is 3.40. The van der Waals surface area contributed by atoms with Crippen molar-refractivity contribution in [3.05, 3.63) is 41.9 Å². The zero-order valence-electron chi connectivity index (χ0n) is 10.6. The van der Waals surface area contributed by atoms with Crippen LogP contribution in [0.5, 0.6) is 0 Å². The monoisotopic (exact) mass is 268 g/mol. The van der Waals surface area contributed by atoms with Gasteiger partial charge in [0.1, 0.15) is 0 Å². The minimum atomic E-state index is -0.257. The van der Waals surface area contributed by atoms with E-state index in [0.717, 1.165) is 23.7 Å². The van der Waals surface area contributed by atoms with Crippen LogP contribution in [-0.4, -0.2) is 21.1 Å². The normalized spacial score (nSPS) is 14.6. The second-order valence-corrected chi connectivity index (χ2v) is 4.95. The number of carbonyl (C=O) groups excluding carboxylic acids is 1. The number of hydrogen-bond acceptors (Lipinski definition) is 4. The fourth-order valence-corrected chi connectivity index (χ4v) is 2.14. The zero-order chi connectivity index (χ0) is 13.5. The van der Waals surface area contributed by atoms with Crippen LogP contribution < -0.4 is 5.32 Å². The van der Waals surface area contributed by atoms with E-state index in [0.29, 0.717) is 17.4 Å². The molecule has 4 rings (SSSR count). The Hall–Kier alpha value is -2.63. The third kappa shape index (κ3) is 1.95. The number of aromatic amines is 1. The Kier molecular flexibility index (Phi) is 2.35. The van der Waals surface area contributed by atoms with Gasteiger partial charge in [-0.1, -0.05) is 11.2 Å². The van der Waals surface area contributed by atoms with Crippen LogP contribution in [0.4, 0.5) is 6.01 Å². The number of hydrogen-bond donors (Lipinski definition) is 2. The zero-order valence-corrected chi connectivity index (χ0v) is 10.6. The molecule has 0 spiro atoms. The summed E-state index contributed by atoms with van der Waals surface area (Å²) in [5, 5.41) is 11.5.